The van der Waals surface area contributed by atoms with Crippen molar-refractivity contribution < 1.29 is 24.3 Å². The smallest absolute Gasteiger partial charge is 0.408 e. The molecule has 228 valence electrons. The zero-order valence-corrected chi connectivity index (χ0v) is 24.5. The van der Waals surface area contributed by atoms with Crippen molar-refractivity contribution in [1.82, 2.24) is 14.7 Å². The number of carbonyl (C=O) groups excluding carboxylic acids is 2. The Hall–Kier alpha value is -5.27. The molecule has 4 N–H and O–H groups in total. The first-order valence-electron chi connectivity index (χ1n) is 13.6. The molecule has 44 heavy (non-hydrogen) atoms. The maximum absolute atomic E-state index is 12.6. The molecule has 0 bridgehead atoms. The van der Waals surface area contributed by atoms with E-state index in [9.17, 15) is 19.7 Å². The summed E-state index contributed by atoms with van der Waals surface area (Å²) in [6.07, 6.45) is 2.27. The summed E-state index contributed by atoms with van der Waals surface area (Å²) in [4.78, 5) is 43.7. The second kappa shape index (κ2) is 14.8. The predicted octanol–water partition coefficient (Wildman–Crippen LogP) is 5.11. The minimum atomic E-state index is -1.07. The van der Waals surface area contributed by atoms with Gasteiger partial charge < -0.3 is 19.9 Å². The van der Waals surface area contributed by atoms with Gasteiger partial charge in [-0.15, -0.1) is 20.3 Å². The minimum absolute atomic E-state index is 0.0137. The molecule has 0 aliphatic heterocycles. The Morgan fingerprint density at radius 2 is 1.84 bits per heavy atom. The topological polar surface area (TPSA) is 181 Å². The first-order valence-corrected chi connectivity index (χ1v) is 13.9. The average Bonchev–Trinajstić information content (AvgIpc) is 3.32. The van der Waals surface area contributed by atoms with Gasteiger partial charge in [0.2, 0.25) is 0 Å². The third-order valence-electron chi connectivity index (χ3n) is 6.61. The molecule has 0 fully saturated rings. The number of aromatic nitrogens is 2. The normalized spacial score (nSPS) is 11.2. The standard InChI is InChI=1S/C30H30ClN7O6/c1-2-3-12-27-34-28(31)25(18-39)36(27)17-20-13-15-21(16-14-20)23-9-5-6-10-24(23)29(32)35-37(33)30(40)44-26-11-7-4-8-22(26)19-43-38(41)42/h4-11,13-16,18H,2-3,12,17,19,33H2,1H3,(H2,32,35). The van der Waals surface area contributed by atoms with Gasteiger partial charge in [-0.05, 0) is 29.2 Å². The molecule has 1 amide bonds. The van der Waals surface area contributed by atoms with E-state index in [2.05, 4.69) is 21.8 Å². The SMILES string of the molecule is CCCCc1nc(Cl)c(C=O)n1Cc1ccc(-c2ccccc2/C(N)=N/N(N)C(=O)Oc2ccccc2CO[N+](=O)[O-])cc1. The van der Waals surface area contributed by atoms with Crippen molar-refractivity contribution in [2.45, 2.75) is 39.3 Å². The number of hydrazone groups is 1. The molecule has 1 heterocycles. The van der Waals surface area contributed by atoms with Crippen molar-refractivity contribution in [3.05, 3.63) is 116 Å². The largest absolute Gasteiger partial charge is 0.451 e. The van der Waals surface area contributed by atoms with Gasteiger partial charge in [0.1, 0.15) is 23.9 Å². The lowest BCUT2D eigenvalue weighted by atomic mass is 9.98. The van der Waals surface area contributed by atoms with Crippen LogP contribution in [0.4, 0.5) is 4.79 Å². The summed E-state index contributed by atoms with van der Waals surface area (Å²) in [7, 11) is 0. The number of benzene rings is 3. The average molecular weight is 620 g/mol. The summed E-state index contributed by atoms with van der Waals surface area (Å²) in [6, 6.07) is 21.0. The number of aldehydes is 1. The lowest BCUT2D eigenvalue weighted by molar-refractivity contribution is -0.763. The highest BCUT2D eigenvalue weighted by Crippen LogP contribution is 2.26. The van der Waals surface area contributed by atoms with Crippen LogP contribution in [0.25, 0.3) is 11.1 Å². The summed E-state index contributed by atoms with van der Waals surface area (Å²) in [5.74, 6) is 6.55. The molecule has 0 radical (unpaired) electrons. The van der Waals surface area contributed by atoms with Gasteiger partial charge >= 0.3 is 6.09 Å². The van der Waals surface area contributed by atoms with E-state index < -0.39 is 17.8 Å². The zero-order chi connectivity index (χ0) is 31.6. The van der Waals surface area contributed by atoms with Gasteiger partial charge in [-0.25, -0.2) is 15.6 Å². The molecular weight excluding hydrogens is 590 g/mol. The van der Waals surface area contributed by atoms with E-state index in [-0.39, 0.29) is 22.3 Å². The van der Waals surface area contributed by atoms with E-state index in [1.807, 2.05) is 41.0 Å². The van der Waals surface area contributed by atoms with E-state index >= 15 is 0 Å². The quantitative estimate of drug-likeness (QED) is 0.0391. The van der Waals surface area contributed by atoms with Crippen LogP contribution in [-0.4, -0.2) is 38.0 Å². The van der Waals surface area contributed by atoms with Crippen molar-refractivity contribution in [3.8, 4) is 16.9 Å². The van der Waals surface area contributed by atoms with Crippen molar-refractivity contribution in [1.29, 1.82) is 0 Å². The Morgan fingerprint density at radius 1 is 1.14 bits per heavy atom. The second-order valence-electron chi connectivity index (χ2n) is 9.56. The maximum Gasteiger partial charge on any atom is 0.451 e. The number of hydrogen-bond acceptors (Lipinski definition) is 9. The predicted molar refractivity (Wildman–Crippen MR) is 163 cm³/mol. The summed E-state index contributed by atoms with van der Waals surface area (Å²) in [5, 5.41) is 14.2. The molecule has 0 saturated carbocycles. The Labute approximate surface area is 257 Å². The van der Waals surface area contributed by atoms with Gasteiger partial charge in [-0.1, -0.05) is 91.7 Å². The third-order valence-corrected chi connectivity index (χ3v) is 6.89. The maximum atomic E-state index is 12.6. The number of halogens is 1. The van der Waals surface area contributed by atoms with Gasteiger partial charge in [0.15, 0.2) is 17.3 Å². The molecule has 0 unspecified atom stereocenters. The van der Waals surface area contributed by atoms with Crippen LogP contribution in [0.2, 0.25) is 5.15 Å². The number of unbranched alkanes of at least 4 members (excludes halogenated alkanes) is 1. The number of hydrogen-bond donors (Lipinski definition) is 2. The van der Waals surface area contributed by atoms with Crippen LogP contribution in [0.1, 0.15) is 52.8 Å². The number of amides is 1. The first kappa shape index (κ1) is 31.7. The number of imidazole rings is 1. The van der Waals surface area contributed by atoms with E-state index in [0.29, 0.717) is 29.3 Å². The van der Waals surface area contributed by atoms with Gasteiger partial charge in [0, 0.05) is 24.1 Å². The lowest BCUT2D eigenvalue weighted by Gasteiger charge is -2.15. The van der Waals surface area contributed by atoms with Crippen LogP contribution in [0.3, 0.4) is 0 Å². The Bertz CT molecular complexity index is 1670. The summed E-state index contributed by atoms with van der Waals surface area (Å²) in [5.41, 5.74) is 9.86. The fraction of sp³-hybridized carbons (Fsp3) is 0.200. The van der Waals surface area contributed by atoms with E-state index in [4.69, 9.17) is 27.9 Å². The molecule has 4 aromatic rings. The van der Waals surface area contributed by atoms with E-state index in [0.717, 1.165) is 41.6 Å². The molecule has 0 atom stereocenters. The number of ether oxygens (including phenoxy) is 1. The van der Waals surface area contributed by atoms with E-state index in [1.165, 1.54) is 12.1 Å². The summed E-state index contributed by atoms with van der Waals surface area (Å²) >= 11 is 6.22. The Morgan fingerprint density at radius 3 is 2.55 bits per heavy atom. The Balaban J connectivity index is 1.52. The highest BCUT2D eigenvalue weighted by atomic mass is 35.5. The van der Waals surface area contributed by atoms with Gasteiger partial charge in [-0.3, -0.25) is 4.79 Å². The lowest BCUT2D eigenvalue weighted by Crippen LogP contribution is -2.37. The van der Waals surface area contributed by atoms with Crippen molar-refractivity contribution in [3.63, 3.8) is 0 Å². The molecular formula is C30H30ClN7O6. The third kappa shape index (κ3) is 7.76. The molecule has 3 aromatic carbocycles. The van der Waals surface area contributed by atoms with Crippen molar-refractivity contribution in [2.24, 2.45) is 16.7 Å². The molecule has 1 aromatic heterocycles. The molecule has 14 heteroatoms. The van der Waals surface area contributed by atoms with Crippen molar-refractivity contribution in [2.75, 3.05) is 0 Å². The molecule has 13 nitrogen and oxygen atoms in total. The van der Waals surface area contributed by atoms with Gasteiger partial charge in [-0.2, -0.15) is 0 Å². The first-order chi connectivity index (χ1) is 21.2. The van der Waals surface area contributed by atoms with Gasteiger partial charge in [0.25, 0.3) is 5.09 Å². The number of rotatable bonds is 13. The fourth-order valence-electron chi connectivity index (χ4n) is 4.42. The second-order valence-corrected chi connectivity index (χ2v) is 9.91. The monoisotopic (exact) mass is 619 g/mol. The highest BCUT2D eigenvalue weighted by Gasteiger charge is 2.18. The molecule has 0 spiro atoms. The van der Waals surface area contributed by atoms with Crippen LogP contribution in [0, 0.1) is 10.1 Å². The number of para-hydroxylation sites is 1. The Kier molecular flexibility index (Phi) is 10.6. The van der Waals surface area contributed by atoms with Crippen molar-refractivity contribution >= 4 is 29.8 Å². The zero-order valence-electron chi connectivity index (χ0n) is 23.8. The number of hydrazine groups is 1. The molecule has 0 saturated heterocycles. The number of nitrogens with two attached hydrogens (primary N) is 2. The highest BCUT2D eigenvalue weighted by molar-refractivity contribution is 6.31. The number of carbonyl (C=O) groups is 2. The number of amidine groups is 1. The van der Waals surface area contributed by atoms with Crippen LogP contribution in [0.5, 0.6) is 5.75 Å². The number of nitrogens with zero attached hydrogens (tertiary/aromatic N) is 5. The number of aryl methyl sites for hydroxylation is 1. The minimum Gasteiger partial charge on any atom is -0.408 e. The van der Waals surface area contributed by atoms with Gasteiger partial charge in [0.05, 0.1) is 0 Å². The van der Waals surface area contributed by atoms with E-state index in [1.54, 1.807) is 24.3 Å². The molecule has 4 rings (SSSR count). The van der Waals surface area contributed by atoms with Crippen LogP contribution >= 0.6 is 11.6 Å². The van der Waals surface area contributed by atoms with Crippen LogP contribution in [-0.2, 0) is 24.4 Å². The fourth-order valence-corrected chi connectivity index (χ4v) is 4.67. The molecule has 0 aliphatic rings. The molecule has 0 aliphatic carbocycles. The summed E-state index contributed by atoms with van der Waals surface area (Å²) in [6.45, 7) is 2.08. The summed E-state index contributed by atoms with van der Waals surface area (Å²) < 4.78 is 7.10. The van der Waals surface area contributed by atoms with Crippen LogP contribution < -0.4 is 16.3 Å². The van der Waals surface area contributed by atoms with Crippen LogP contribution in [0.15, 0.2) is 77.9 Å².